The van der Waals surface area contributed by atoms with Crippen LogP contribution < -0.4 is 3.58 Å². The van der Waals surface area contributed by atoms with Gasteiger partial charge in [-0.1, -0.05) is 0 Å². The number of rotatable bonds is 9. The Bertz CT molecular complexity index is 857. The molecule has 0 bridgehead atoms. The van der Waals surface area contributed by atoms with Gasteiger partial charge in [0, 0.05) is 0 Å². The van der Waals surface area contributed by atoms with Gasteiger partial charge in [-0.25, -0.2) is 0 Å². The molecule has 4 unspecified atom stereocenters. The van der Waals surface area contributed by atoms with Crippen molar-refractivity contribution in [1.82, 2.24) is 5.06 Å². The summed E-state index contributed by atoms with van der Waals surface area (Å²) in [6.45, 7) is 9.92. The number of hydroxylamine groups is 2. The van der Waals surface area contributed by atoms with Gasteiger partial charge in [0.15, 0.2) is 0 Å². The summed E-state index contributed by atoms with van der Waals surface area (Å²) in [6.07, 6.45) is 0.0737. The van der Waals surface area contributed by atoms with E-state index in [2.05, 4.69) is 19.7 Å². The molecule has 2 rings (SSSR count). The Balaban J connectivity index is 2.63. The van der Waals surface area contributed by atoms with Crippen LogP contribution in [0.4, 0.5) is 13.2 Å². The fourth-order valence-electron chi connectivity index (χ4n) is 3.35. The van der Waals surface area contributed by atoms with Crippen molar-refractivity contribution in [3.8, 4) is 0 Å². The van der Waals surface area contributed by atoms with Crippen LogP contribution in [0.1, 0.15) is 16.8 Å². The number of carbonyl (C=O) groups excluding carboxylic acids is 3. The van der Waals surface area contributed by atoms with Gasteiger partial charge in [0.05, 0.1) is 0 Å². The van der Waals surface area contributed by atoms with Crippen molar-refractivity contribution in [2.75, 3.05) is 0 Å². The van der Waals surface area contributed by atoms with E-state index < -0.39 is 66.8 Å². The van der Waals surface area contributed by atoms with Crippen molar-refractivity contribution in [3.05, 3.63) is 67.8 Å². The molecule has 1 fully saturated rings. The summed E-state index contributed by atoms with van der Waals surface area (Å²) < 4.78 is 38.8. The molecule has 1 aromatic rings. The maximum atomic E-state index is 15.1. The molecule has 1 heterocycles. The number of imide groups is 1. The van der Waals surface area contributed by atoms with E-state index in [9.17, 15) is 19.5 Å². The first-order valence-corrected chi connectivity index (χ1v) is 15.2. The number of nitrogens with zero attached hydrogens (tertiary/aromatic N) is 1. The van der Waals surface area contributed by atoms with Crippen LogP contribution in [0.15, 0.2) is 62.2 Å². The molecular weight excluding hydrogens is 510 g/mol. The Kier molecular flexibility index (Phi) is 7.64. The van der Waals surface area contributed by atoms with Gasteiger partial charge in [0.2, 0.25) is 0 Å². The molecule has 1 saturated heterocycles. The third kappa shape index (κ3) is 3.95. The van der Waals surface area contributed by atoms with Crippen molar-refractivity contribution in [1.29, 1.82) is 0 Å². The number of carbonyl (C=O) groups is 3. The molecule has 160 valence electrons. The Morgan fingerprint density at radius 1 is 1.10 bits per heavy atom. The van der Waals surface area contributed by atoms with Crippen LogP contribution in [0.25, 0.3) is 0 Å². The number of hydrogen-bond donors (Lipinski definition) is 1. The van der Waals surface area contributed by atoms with Gasteiger partial charge in [0.25, 0.3) is 0 Å². The molecule has 0 saturated carbocycles. The molecular formula is C20H20F3NO5Sn. The second kappa shape index (κ2) is 9.61. The Labute approximate surface area is 175 Å². The van der Waals surface area contributed by atoms with Crippen molar-refractivity contribution in [3.63, 3.8) is 0 Å². The van der Waals surface area contributed by atoms with Crippen LogP contribution in [0.3, 0.4) is 0 Å². The number of halogens is 3. The van der Waals surface area contributed by atoms with Crippen LogP contribution in [0.2, 0.25) is 0 Å². The Morgan fingerprint density at radius 2 is 1.60 bits per heavy atom. The summed E-state index contributed by atoms with van der Waals surface area (Å²) in [7, 11) is 0. The van der Waals surface area contributed by atoms with E-state index in [0.717, 1.165) is 24.3 Å². The van der Waals surface area contributed by atoms with Gasteiger partial charge in [-0.3, -0.25) is 0 Å². The van der Waals surface area contributed by atoms with E-state index >= 15 is 13.2 Å². The van der Waals surface area contributed by atoms with Crippen LogP contribution in [0.5, 0.6) is 0 Å². The van der Waals surface area contributed by atoms with Gasteiger partial charge in [-0.15, -0.1) is 0 Å². The van der Waals surface area contributed by atoms with E-state index in [1.165, 1.54) is 18.2 Å². The van der Waals surface area contributed by atoms with E-state index in [4.69, 9.17) is 4.84 Å². The van der Waals surface area contributed by atoms with E-state index in [0.29, 0.717) is 0 Å². The molecule has 0 radical (unpaired) electrons. The van der Waals surface area contributed by atoms with Gasteiger partial charge in [-0.05, 0) is 0 Å². The first-order valence-electron chi connectivity index (χ1n) is 8.83. The van der Waals surface area contributed by atoms with E-state index in [1.807, 2.05) is 0 Å². The molecule has 10 heteroatoms. The molecule has 2 amide bonds. The molecule has 1 aliphatic rings. The maximum absolute atomic E-state index is 15.1. The van der Waals surface area contributed by atoms with Crippen molar-refractivity contribution in [2.45, 2.75) is 25.1 Å². The zero-order chi connectivity index (χ0) is 22.6. The quantitative estimate of drug-likeness (QED) is 0.299. The molecule has 6 nitrogen and oxygen atoms in total. The minimum atomic E-state index is -5.59. The standard InChI is InChI=1S/C11H8NO5.3C3H4F.Sn/c13-8-6-9(14)12(10(8)15)17-11(16)7-4-2-1-3-5-7;3*1-2-3-4;/h1-4,8,13H,6H2;3*2-3H,1H2;. The van der Waals surface area contributed by atoms with Crippen LogP contribution in [-0.2, 0) is 14.4 Å². The number of allylic oxidation sites excluding steroid dienone is 3. The molecule has 30 heavy (non-hydrogen) atoms. The third-order valence-electron chi connectivity index (χ3n) is 4.86. The van der Waals surface area contributed by atoms with Gasteiger partial charge in [-0.2, -0.15) is 0 Å². The average molecular weight is 530 g/mol. The Morgan fingerprint density at radius 3 is 2.03 bits per heavy atom. The van der Waals surface area contributed by atoms with Crippen molar-refractivity contribution >= 4 is 39.7 Å². The monoisotopic (exact) mass is 531 g/mol. The summed E-state index contributed by atoms with van der Waals surface area (Å²) in [5.74, 6) is -3.42. The fraction of sp³-hybridized carbons (Fsp3) is 0.250. The van der Waals surface area contributed by atoms with Gasteiger partial charge >= 0.3 is 175 Å². The molecule has 1 aromatic carbocycles. The molecule has 0 spiro atoms. The van der Waals surface area contributed by atoms with Gasteiger partial charge < -0.3 is 0 Å². The summed E-state index contributed by atoms with van der Waals surface area (Å²) in [4.78, 5) is 41.1. The second-order valence-electron chi connectivity index (χ2n) is 6.52. The van der Waals surface area contributed by atoms with Crippen LogP contribution in [-0.4, -0.2) is 65.0 Å². The number of alkyl halides is 3. The predicted octanol–water partition coefficient (Wildman–Crippen LogP) is 1.72. The minimum absolute atomic E-state index is 0.0856. The molecule has 0 aliphatic carbocycles. The average Bonchev–Trinajstić information content (AvgIpc) is 2.99. The summed E-state index contributed by atoms with van der Waals surface area (Å²) in [6, 6.07) is 5.07. The predicted molar refractivity (Wildman–Crippen MR) is 105 cm³/mol. The number of hydrogen-bond acceptors (Lipinski definition) is 5. The van der Waals surface area contributed by atoms with Crippen LogP contribution >= 0.6 is 0 Å². The summed E-state index contributed by atoms with van der Waals surface area (Å²) in [5.41, 5.74) is -0.409. The van der Waals surface area contributed by atoms with E-state index in [-0.39, 0.29) is 8.64 Å². The Hall–Kier alpha value is -2.40. The molecule has 1 N–H and O–H groups in total. The fourth-order valence-corrected chi connectivity index (χ4v) is 14.8. The van der Waals surface area contributed by atoms with Crippen molar-refractivity contribution in [2.24, 2.45) is 0 Å². The number of aliphatic hydroxyl groups excluding tert-OH is 1. The zero-order valence-electron chi connectivity index (χ0n) is 15.8. The first kappa shape index (κ1) is 23.9. The van der Waals surface area contributed by atoms with Crippen LogP contribution in [0, 0.1) is 0 Å². The zero-order valence-corrected chi connectivity index (χ0v) is 18.7. The second-order valence-corrected chi connectivity index (χ2v) is 18.1. The summed E-state index contributed by atoms with van der Waals surface area (Å²) >= 11 is -5.59. The third-order valence-corrected chi connectivity index (χ3v) is 18.6. The summed E-state index contributed by atoms with van der Waals surface area (Å²) in [5, 5.41) is 9.53. The number of amides is 2. The van der Waals surface area contributed by atoms with Crippen molar-refractivity contribution < 1.29 is 37.5 Å². The first-order chi connectivity index (χ1) is 14.2. The molecule has 0 aromatic heterocycles. The van der Waals surface area contributed by atoms with Gasteiger partial charge in [0.1, 0.15) is 0 Å². The topological polar surface area (TPSA) is 83.9 Å². The number of aliphatic hydroxyl groups is 1. The SMILES string of the molecule is C=C[CH](F)[Sn]([c]1ccccc1C(=O)ON1C(=O)CC(O)C1=O)([CH](F)C=C)[CH](F)C=C. The number of benzene rings is 1. The normalized spacial score (nSPS) is 21.3. The van der Waals surface area contributed by atoms with E-state index in [1.54, 1.807) is 0 Å². The molecule has 1 aliphatic heterocycles. The molecule has 4 atom stereocenters.